The molecule has 1 unspecified atom stereocenters. The molecule has 0 aliphatic rings. The molecule has 0 aromatic carbocycles. The van der Waals surface area contributed by atoms with Crippen LogP contribution in [0.4, 0.5) is 0 Å². The van der Waals surface area contributed by atoms with Gasteiger partial charge in [-0.3, -0.25) is 4.79 Å². The normalized spacial score (nSPS) is 11.6. The first-order valence-electron chi connectivity index (χ1n) is 4.37. The second-order valence-corrected chi connectivity index (χ2v) is 2.54. The first kappa shape index (κ1) is 12.6. The number of ether oxygens (including phenoxy) is 1. The molecular formula is C9H15NO4. The number of hydrogen-bond acceptors (Lipinski definition) is 4. The predicted molar refractivity (Wildman–Crippen MR) is 50.5 cm³/mol. The van der Waals surface area contributed by atoms with Crippen LogP contribution in [0.5, 0.6) is 0 Å². The van der Waals surface area contributed by atoms with Crippen molar-refractivity contribution in [1.29, 1.82) is 0 Å². The van der Waals surface area contributed by atoms with E-state index < -0.39 is 18.0 Å². The largest absolute Gasteiger partial charge is 0.449 e. The Morgan fingerprint density at radius 2 is 2.29 bits per heavy atom. The Hall–Kier alpha value is -1.36. The number of aliphatic hydroxyl groups is 1. The number of amides is 1. The molecule has 0 fully saturated rings. The summed E-state index contributed by atoms with van der Waals surface area (Å²) in [4.78, 5) is 22.1. The van der Waals surface area contributed by atoms with E-state index in [-0.39, 0.29) is 13.0 Å². The smallest absolute Gasteiger partial charge is 0.330 e. The predicted octanol–water partition coefficient (Wildman–Crippen LogP) is -0.397. The quantitative estimate of drug-likeness (QED) is 0.453. The molecule has 0 bridgehead atoms. The number of hydrogen-bond donors (Lipinski definition) is 2. The topological polar surface area (TPSA) is 75.6 Å². The first-order valence-corrected chi connectivity index (χ1v) is 4.37. The van der Waals surface area contributed by atoms with E-state index in [1.165, 1.54) is 0 Å². The minimum atomic E-state index is -0.939. The molecule has 0 aromatic rings. The van der Waals surface area contributed by atoms with Gasteiger partial charge in [0.05, 0.1) is 0 Å². The van der Waals surface area contributed by atoms with Crippen molar-refractivity contribution in [2.24, 2.45) is 0 Å². The minimum absolute atomic E-state index is 0.0887. The van der Waals surface area contributed by atoms with Crippen molar-refractivity contribution in [1.82, 2.24) is 5.32 Å². The molecule has 2 N–H and O–H groups in total. The summed E-state index contributed by atoms with van der Waals surface area (Å²) >= 11 is 0. The molecule has 0 spiro atoms. The van der Waals surface area contributed by atoms with Gasteiger partial charge in [-0.2, -0.15) is 0 Å². The van der Waals surface area contributed by atoms with Crippen molar-refractivity contribution < 1.29 is 19.4 Å². The van der Waals surface area contributed by atoms with E-state index in [2.05, 4.69) is 11.9 Å². The zero-order chi connectivity index (χ0) is 11.0. The van der Waals surface area contributed by atoms with Crippen LogP contribution in [0, 0.1) is 0 Å². The maximum absolute atomic E-state index is 11.3. The Morgan fingerprint density at radius 1 is 1.64 bits per heavy atom. The van der Waals surface area contributed by atoms with Crippen LogP contribution in [0.25, 0.3) is 0 Å². The van der Waals surface area contributed by atoms with Crippen molar-refractivity contribution in [3.8, 4) is 0 Å². The summed E-state index contributed by atoms with van der Waals surface area (Å²) in [6, 6.07) is 0. The average molecular weight is 201 g/mol. The van der Waals surface area contributed by atoms with Gasteiger partial charge in [0.25, 0.3) is 5.91 Å². The van der Waals surface area contributed by atoms with Crippen LogP contribution < -0.4 is 5.32 Å². The van der Waals surface area contributed by atoms with Crippen LogP contribution in [-0.4, -0.2) is 36.2 Å². The third-order valence-corrected chi connectivity index (χ3v) is 1.46. The summed E-state index contributed by atoms with van der Waals surface area (Å²) in [6.45, 7) is 5.20. The number of aliphatic hydroxyl groups excluding tert-OH is 1. The van der Waals surface area contributed by atoms with Crippen LogP contribution in [0.1, 0.15) is 13.3 Å². The molecule has 0 radical (unpaired) electrons. The Balaban J connectivity index is 4.19. The standard InChI is InChI=1S/C9H15NO4/c1-3-8(12)14-7(5-6-11)9(13)10-4-2/h3,7,11H,1,4-6H2,2H3,(H,10,13). The molecule has 5 nitrogen and oxygen atoms in total. The number of likely N-dealkylation sites (N-methyl/N-ethyl adjacent to an activating group) is 1. The average Bonchev–Trinajstić information content (AvgIpc) is 2.17. The van der Waals surface area contributed by atoms with Crippen LogP contribution >= 0.6 is 0 Å². The lowest BCUT2D eigenvalue weighted by Crippen LogP contribution is -2.38. The van der Waals surface area contributed by atoms with Crippen LogP contribution in [-0.2, 0) is 14.3 Å². The molecule has 0 saturated carbocycles. The van der Waals surface area contributed by atoms with E-state index in [1.807, 2.05) is 0 Å². The summed E-state index contributed by atoms with van der Waals surface area (Å²) in [7, 11) is 0. The second kappa shape index (κ2) is 7.08. The molecule has 1 amide bonds. The van der Waals surface area contributed by atoms with Gasteiger partial charge in [-0.15, -0.1) is 0 Å². The zero-order valence-corrected chi connectivity index (χ0v) is 8.16. The van der Waals surface area contributed by atoms with Crippen molar-refractivity contribution in [2.45, 2.75) is 19.4 Å². The molecule has 5 heteroatoms. The Morgan fingerprint density at radius 3 is 2.71 bits per heavy atom. The highest BCUT2D eigenvalue weighted by Gasteiger charge is 2.20. The fourth-order valence-electron chi connectivity index (χ4n) is 0.837. The molecule has 80 valence electrons. The molecule has 0 aliphatic carbocycles. The molecule has 0 rings (SSSR count). The summed E-state index contributed by atoms with van der Waals surface area (Å²) in [5.74, 6) is -1.08. The minimum Gasteiger partial charge on any atom is -0.449 e. The first-order chi connectivity index (χ1) is 6.65. The SMILES string of the molecule is C=CC(=O)OC(CCO)C(=O)NCC. The fourth-order valence-corrected chi connectivity index (χ4v) is 0.837. The summed E-state index contributed by atoms with van der Waals surface area (Å²) in [6.07, 6.45) is 0.125. The van der Waals surface area contributed by atoms with E-state index in [1.54, 1.807) is 6.92 Å². The molecule has 0 saturated heterocycles. The third kappa shape index (κ3) is 4.61. The molecular weight excluding hydrogens is 186 g/mol. The van der Waals surface area contributed by atoms with Gasteiger partial charge in [-0.1, -0.05) is 6.58 Å². The maximum Gasteiger partial charge on any atom is 0.330 e. The molecule has 0 aliphatic heterocycles. The zero-order valence-electron chi connectivity index (χ0n) is 8.16. The number of rotatable bonds is 6. The summed E-state index contributed by atoms with van der Waals surface area (Å²) in [5.41, 5.74) is 0. The lowest BCUT2D eigenvalue weighted by atomic mass is 10.2. The second-order valence-electron chi connectivity index (χ2n) is 2.54. The Bertz CT molecular complexity index is 215. The van der Waals surface area contributed by atoms with Crippen molar-refractivity contribution in [3.05, 3.63) is 12.7 Å². The van der Waals surface area contributed by atoms with E-state index >= 15 is 0 Å². The Kier molecular flexibility index (Phi) is 6.39. The van der Waals surface area contributed by atoms with E-state index in [4.69, 9.17) is 9.84 Å². The highest BCUT2D eigenvalue weighted by molar-refractivity contribution is 5.87. The van der Waals surface area contributed by atoms with Gasteiger partial charge in [0.15, 0.2) is 6.10 Å². The van der Waals surface area contributed by atoms with E-state index in [0.717, 1.165) is 6.08 Å². The maximum atomic E-state index is 11.3. The summed E-state index contributed by atoms with van der Waals surface area (Å²) < 4.78 is 4.73. The third-order valence-electron chi connectivity index (χ3n) is 1.46. The molecule has 0 heterocycles. The van der Waals surface area contributed by atoms with Crippen LogP contribution in [0.3, 0.4) is 0 Å². The lowest BCUT2D eigenvalue weighted by Gasteiger charge is -2.14. The Labute approximate surface area is 82.7 Å². The number of carbonyl (C=O) groups is 2. The molecule has 0 aromatic heterocycles. The van der Waals surface area contributed by atoms with Crippen LogP contribution in [0.15, 0.2) is 12.7 Å². The van der Waals surface area contributed by atoms with Gasteiger partial charge < -0.3 is 15.2 Å². The summed E-state index contributed by atoms with van der Waals surface area (Å²) in [5, 5.41) is 11.1. The molecule has 1 atom stereocenters. The monoisotopic (exact) mass is 201 g/mol. The van der Waals surface area contributed by atoms with Gasteiger partial charge in [-0.05, 0) is 6.92 Å². The van der Waals surface area contributed by atoms with Gasteiger partial charge in [0, 0.05) is 25.6 Å². The van der Waals surface area contributed by atoms with Crippen LogP contribution in [0.2, 0.25) is 0 Å². The van der Waals surface area contributed by atoms with E-state index in [9.17, 15) is 9.59 Å². The number of nitrogens with one attached hydrogen (secondary N) is 1. The van der Waals surface area contributed by atoms with Crippen molar-refractivity contribution in [2.75, 3.05) is 13.2 Å². The van der Waals surface area contributed by atoms with Gasteiger partial charge in [0.2, 0.25) is 0 Å². The fraction of sp³-hybridized carbons (Fsp3) is 0.556. The number of carbonyl (C=O) groups excluding carboxylic acids is 2. The van der Waals surface area contributed by atoms with Gasteiger partial charge in [0.1, 0.15) is 0 Å². The molecule has 14 heavy (non-hydrogen) atoms. The van der Waals surface area contributed by atoms with Crippen molar-refractivity contribution >= 4 is 11.9 Å². The van der Waals surface area contributed by atoms with Gasteiger partial charge in [-0.25, -0.2) is 4.79 Å². The lowest BCUT2D eigenvalue weighted by molar-refractivity contribution is -0.152. The number of esters is 1. The van der Waals surface area contributed by atoms with Crippen molar-refractivity contribution in [3.63, 3.8) is 0 Å². The van der Waals surface area contributed by atoms with E-state index in [0.29, 0.717) is 6.54 Å². The highest BCUT2D eigenvalue weighted by atomic mass is 16.5. The van der Waals surface area contributed by atoms with Gasteiger partial charge >= 0.3 is 5.97 Å². The highest BCUT2D eigenvalue weighted by Crippen LogP contribution is 1.99.